The average molecular weight is 219 g/mol. The fraction of sp³-hybridized carbons (Fsp3) is 0.417. The molecule has 3 nitrogen and oxygen atoms in total. The molecule has 0 unspecified atom stereocenters. The molecule has 16 heavy (non-hydrogen) atoms. The first-order valence-electron chi connectivity index (χ1n) is 5.65. The summed E-state index contributed by atoms with van der Waals surface area (Å²) in [6, 6.07) is 4.06. The summed E-state index contributed by atoms with van der Waals surface area (Å²) in [4.78, 5) is 6.56. The Balaban J connectivity index is 1.96. The quantitative estimate of drug-likeness (QED) is 0.733. The third kappa shape index (κ3) is 1.54. The summed E-state index contributed by atoms with van der Waals surface area (Å²) in [5.41, 5.74) is 2.07. The van der Waals surface area contributed by atoms with E-state index in [1.165, 1.54) is 0 Å². The molecule has 0 aliphatic carbocycles. The first-order valence-corrected chi connectivity index (χ1v) is 5.65. The lowest BCUT2D eigenvalue weighted by atomic mass is 10.1. The Hall–Kier alpha value is -1.58. The van der Waals surface area contributed by atoms with E-state index in [-0.39, 0.29) is 0 Å². The highest BCUT2D eigenvalue weighted by atomic mass is 19.1. The molecule has 0 aromatic carbocycles. The molecule has 0 N–H and O–H groups in total. The number of nitrogens with zero attached hydrogens (tertiary/aromatic N) is 3. The van der Waals surface area contributed by atoms with Gasteiger partial charge in [-0.2, -0.15) is 0 Å². The number of halogens is 1. The monoisotopic (exact) mass is 219 g/mol. The molecule has 0 saturated carbocycles. The van der Waals surface area contributed by atoms with E-state index in [9.17, 15) is 4.39 Å². The van der Waals surface area contributed by atoms with Crippen LogP contribution in [0.4, 0.5) is 10.1 Å². The minimum atomic E-state index is -0.629. The SMILES string of the molecule is FC1CCN(c2cccn3ccnc23)CC1. The summed E-state index contributed by atoms with van der Waals surface area (Å²) in [5, 5.41) is 0. The molecule has 2 aromatic heterocycles. The Bertz CT molecular complexity index is 486. The van der Waals surface area contributed by atoms with E-state index in [0.717, 1.165) is 24.4 Å². The number of hydrogen-bond acceptors (Lipinski definition) is 2. The first-order chi connectivity index (χ1) is 7.84. The van der Waals surface area contributed by atoms with Crippen molar-refractivity contribution in [3.8, 4) is 0 Å². The number of alkyl halides is 1. The van der Waals surface area contributed by atoms with Crippen molar-refractivity contribution in [1.29, 1.82) is 0 Å². The average Bonchev–Trinajstić information content (AvgIpc) is 2.78. The standard InChI is InChI=1S/C12H14FN3/c13-10-3-7-15(8-4-10)11-2-1-6-16-9-5-14-12(11)16/h1-2,5-6,9-10H,3-4,7-8H2. The van der Waals surface area contributed by atoms with Crippen molar-refractivity contribution in [2.75, 3.05) is 18.0 Å². The molecule has 0 amide bonds. The number of hydrogen-bond donors (Lipinski definition) is 0. The van der Waals surface area contributed by atoms with E-state index >= 15 is 0 Å². The number of anilines is 1. The molecule has 2 aromatic rings. The van der Waals surface area contributed by atoms with Crippen molar-refractivity contribution in [2.24, 2.45) is 0 Å². The Morgan fingerprint density at radius 3 is 2.88 bits per heavy atom. The second kappa shape index (κ2) is 3.77. The summed E-state index contributed by atoms with van der Waals surface area (Å²) in [6.07, 6.45) is 6.33. The summed E-state index contributed by atoms with van der Waals surface area (Å²) in [7, 11) is 0. The van der Waals surface area contributed by atoms with Gasteiger partial charge in [0.2, 0.25) is 0 Å². The molecule has 0 radical (unpaired) electrons. The van der Waals surface area contributed by atoms with E-state index in [0.29, 0.717) is 12.8 Å². The van der Waals surface area contributed by atoms with Gasteiger partial charge in [-0.05, 0) is 25.0 Å². The predicted octanol–water partition coefficient (Wildman–Crippen LogP) is 2.27. The molecule has 1 aliphatic heterocycles. The Morgan fingerprint density at radius 2 is 2.06 bits per heavy atom. The minimum Gasteiger partial charge on any atom is -0.368 e. The van der Waals surface area contributed by atoms with Gasteiger partial charge in [-0.15, -0.1) is 0 Å². The van der Waals surface area contributed by atoms with Crippen LogP contribution < -0.4 is 4.90 Å². The normalized spacial score (nSPS) is 18.2. The summed E-state index contributed by atoms with van der Waals surface area (Å²) < 4.78 is 15.1. The zero-order valence-corrected chi connectivity index (χ0v) is 9.01. The van der Waals surface area contributed by atoms with Gasteiger partial charge in [0, 0.05) is 31.7 Å². The number of aromatic nitrogens is 2. The van der Waals surface area contributed by atoms with Gasteiger partial charge in [0.15, 0.2) is 5.65 Å². The molecule has 3 rings (SSSR count). The highest BCUT2D eigenvalue weighted by Gasteiger charge is 2.20. The Kier molecular flexibility index (Phi) is 2.27. The van der Waals surface area contributed by atoms with E-state index in [4.69, 9.17) is 0 Å². The van der Waals surface area contributed by atoms with Crippen LogP contribution in [0.15, 0.2) is 30.7 Å². The number of fused-ring (bicyclic) bond motifs is 1. The van der Waals surface area contributed by atoms with Crippen LogP contribution in [0.25, 0.3) is 5.65 Å². The van der Waals surface area contributed by atoms with Gasteiger partial charge in [0.25, 0.3) is 0 Å². The number of pyridine rings is 1. The molecule has 4 heteroatoms. The zero-order chi connectivity index (χ0) is 11.0. The lowest BCUT2D eigenvalue weighted by molar-refractivity contribution is 0.277. The molecule has 1 saturated heterocycles. The van der Waals surface area contributed by atoms with Crippen molar-refractivity contribution in [3.63, 3.8) is 0 Å². The van der Waals surface area contributed by atoms with Crippen LogP contribution in [0, 0.1) is 0 Å². The molecule has 3 heterocycles. The molecule has 0 bridgehead atoms. The smallest absolute Gasteiger partial charge is 0.160 e. The topological polar surface area (TPSA) is 20.5 Å². The van der Waals surface area contributed by atoms with Gasteiger partial charge in [-0.25, -0.2) is 9.37 Å². The lowest BCUT2D eigenvalue weighted by Crippen LogP contribution is -2.34. The first kappa shape index (κ1) is 9.63. The van der Waals surface area contributed by atoms with Crippen molar-refractivity contribution in [3.05, 3.63) is 30.7 Å². The van der Waals surface area contributed by atoms with E-state index in [1.807, 2.05) is 22.9 Å². The van der Waals surface area contributed by atoms with Gasteiger partial charge < -0.3 is 9.30 Å². The van der Waals surface area contributed by atoms with Crippen LogP contribution >= 0.6 is 0 Å². The zero-order valence-electron chi connectivity index (χ0n) is 9.01. The Labute approximate surface area is 93.5 Å². The third-order valence-corrected chi connectivity index (χ3v) is 3.16. The van der Waals surface area contributed by atoms with Crippen LogP contribution in [0.1, 0.15) is 12.8 Å². The number of imidazole rings is 1. The second-order valence-electron chi connectivity index (χ2n) is 4.21. The summed E-state index contributed by atoms with van der Waals surface area (Å²) in [6.45, 7) is 1.57. The minimum absolute atomic E-state index is 0.627. The fourth-order valence-electron chi connectivity index (χ4n) is 2.27. The van der Waals surface area contributed by atoms with Gasteiger partial charge >= 0.3 is 0 Å². The number of rotatable bonds is 1. The molecule has 0 spiro atoms. The van der Waals surface area contributed by atoms with Crippen molar-refractivity contribution < 1.29 is 4.39 Å². The van der Waals surface area contributed by atoms with Gasteiger partial charge in [-0.3, -0.25) is 0 Å². The summed E-state index contributed by atoms with van der Waals surface area (Å²) in [5.74, 6) is 0. The molecular weight excluding hydrogens is 205 g/mol. The maximum absolute atomic E-state index is 13.1. The highest BCUT2D eigenvalue weighted by Crippen LogP contribution is 2.24. The van der Waals surface area contributed by atoms with Gasteiger partial charge in [-0.1, -0.05) is 0 Å². The fourth-order valence-corrected chi connectivity index (χ4v) is 2.27. The third-order valence-electron chi connectivity index (χ3n) is 3.16. The lowest BCUT2D eigenvalue weighted by Gasteiger charge is -2.30. The molecule has 1 fully saturated rings. The highest BCUT2D eigenvalue weighted by molar-refractivity contribution is 5.68. The number of piperidine rings is 1. The second-order valence-corrected chi connectivity index (χ2v) is 4.21. The molecular formula is C12H14FN3. The van der Waals surface area contributed by atoms with Crippen LogP contribution in [0.5, 0.6) is 0 Å². The van der Waals surface area contributed by atoms with Crippen LogP contribution in [0.2, 0.25) is 0 Å². The molecule has 0 atom stereocenters. The van der Waals surface area contributed by atoms with Gasteiger partial charge in [0.05, 0.1) is 5.69 Å². The van der Waals surface area contributed by atoms with E-state index in [1.54, 1.807) is 6.20 Å². The largest absolute Gasteiger partial charge is 0.368 e. The van der Waals surface area contributed by atoms with Crippen LogP contribution in [0.3, 0.4) is 0 Å². The van der Waals surface area contributed by atoms with Crippen LogP contribution in [-0.4, -0.2) is 28.6 Å². The van der Waals surface area contributed by atoms with Crippen molar-refractivity contribution in [1.82, 2.24) is 9.38 Å². The van der Waals surface area contributed by atoms with Crippen molar-refractivity contribution in [2.45, 2.75) is 19.0 Å². The molecule has 1 aliphatic rings. The molecule has 84 valence electrons. The Morgan fingerprint density at radius 1 is 1.25 bits per heavy atom. The van der Waals surface area contributed by atoms with Gasteiger partial charge in [0.1, 0.15) is 6.17 Å². The summed E-state index contributed by atoms with van der Waals surface area (Å²) >= 11 is 0. The van der Waals surface area contributed by atoms with Crippen molar-refractivity contribution >= 4 is 11.3 Å². The maximum atomic E-state index is 13.1. The van der Waals surface area contributed by atoms with Crippen LogP contribution in [-0.2, 0) is 0 Å². The maximum Gasteiger partial charge on any atom is 0.160 e. The van der Waals surface area contributed by atoms with E-state index in [2.05, 4.69) is 16.0 Å². The van der Waals surface area contributed by atoms with E-state index < -0.39 is 6.17 Å². The predicted molar refractivity (Wildman–Crippen MR) is 61.5 cm³/mol.